The van der Waals surface area contributed by atoms with Crippen LogP contribution in [0, 0.1) is 6.92 Å². The van der Waals surface area contributed by atoms with Crippen LogP contribution in [0.5, 0.6) is 11.5 Å². The van der Waals surface area contributed by atoms with Gasteiger partial charge in [0, 0.05) is 23.3 Å². The molecule has 1 N–H and O–H groups in total. The summed E-state index contributed by atoms with van der Waals surface area (Å²) >= 11 is 1.54. The van der Waals surface area contributed by atoms with E-state index in [1.807, 2.05) is 17.5 Å². The maximum Gasteiger partial charge on any atom is 0.276 e. The molecule has 0 aliphatic carbocycles. The number of benzene rings is 1. The van der Waals surface area contributed by atoms with Crippen molar-refractivity contribution in [2.75, 3.05) is 19.5 Å². The summed E-state index contributed by atoms with van der Waals surface area (Å²) in [6.07, 6.45) is 3.65. The molecule has 114 valence electrons. The summed E-state index contributed by atoms with van der Waals surface area (Å²) in [6, 6.07) is 5.20. The lowest BCUT2D eigenvalue weighted by molar-refractivity contribution is 0.102. The molecule has 1 amide bonds. The van der Waals surface area contributed by atoms with E-state index in [9.17, 15) is 4.79 Å². The molecule has 0 bridgehead atoms. The number of amides is 1. The molecule has 3 rings (SSSR count). The van der Waals surface area contributed by atoms with E-state index in [0.29, 0.717) is 22.9 Å². The largest absolute Gasteiger partial charge is 0.497 e. The van der Waals surface area contributed by atoms with Crippen LogP contribution in [0.15, 0.2) is 30.6 Å². The Hall–Kier alpha value is -2.54. The molecule has 1 aromatic carbocycles. The van der Waals surface area contributed by atoms with Crippen molar-refractivity contribution in [1.29, 1.82) is 0 Å². The van der Waals surface area contributed by atoms with E-state index in [4.69, 9.17) is 9.47 Å². The van der Waals surface area contributed by atoms with Crippen molar-refractivity contribution < 1.29 is 14.3 Å². The molecule has 0 aliphatic heterocycles. The smallest absolute Gasteiger partial charge is 0.276 e. The monoisotopic (exact) mass is 317 g/mol. The van der Waals surface area contributed by atoms with Crippen LogP contribution >= 0.6 is 11.3 Å². The normalized spacial score (nSPS) is 10.7. The number of aromatic nitrogens is 2. The van der Waals surface area contributed by atoms with E-state index >= 15 is 0 Å². The molecule has 0 saturated heterocycles. The summed E-state index contributed by atoms with van der Waals surface area (Å²) < 4.78 is 12.2. The predicted octanol–water partition coefficient (Wildman–Crippen LogP) is 2.97. The lowest BCUT2D eigenvalue weighted by Gasteiger charge is -2.10. The number of thiazole rings is 1. The Kier molecular flexibility index (Phi) is 3.72. The second-order valence-electron chi connectivity index (χ2n) is 4.68. The SMILES string of the molecule is COc1ccc(NC(=O)c2cn3cc(C)sc3n2)c(OC)c1. The number of carbonyl (C=O) groups excluding carboxylic acids is 1. The summed E-state index contributed by atoms with van der Waals surface area (Å²) in [5.74, 6) is 0.911. The van der Waals surface area contributed by atoms with Gasteiger partial charge in [0.15, 0.2) is 4.96 Å². The van der Waals surface area contributed by atoms with E-state index < -0.39 is 0 Å². The van der Waals surface area contributed by atoms with Crippen molar-refractivity contribution in [1.82, 2.24) is 9.38 Å². The lowest BCUT2D eigenvalue weighted by Crippen LogP contribution is -2.13. The molecule has 0 aliphatic rings. The van der Waals surface area contributed by atoms with Crippen molar-refractivity contribution in [2.24, 2.45) is 0 Å². The number of nitrogens with one attached hydrogen (secondary N) is 1. The Morgan fingerprint density at radius 2 is 2.09 bits per heavy atom. The molecular formula is C15H15N3O3S. The number of fused-ring (bicyclic) bond motifs is 1. The highest BCUT2D eigenvalue weighted by Gasteiger charge is 2.15. The maximum absolute atomic E-state index is 12.3. The summed E-state index contributed by atoms with van der Waals surface area (Å²) in [5, 5.41) is 2.80. The van der Waals surface area contributed by atoms with E-state index in [-0.39, 0.29) is 5.91 Å². The summed E-state index contributed by atoms with van der Waals surface area (Å²) in [4.78, 5) is 18.6. The molecule has 22 heavy (non-hydrogen) atoms. The van der Waals surface area contributed by atoms with Crippen molar-refractivity contribution in [3.05, 3.63) is 41.2 Å². The predicted molar refractivity (Wildman–Crippen MR) is 85.3 cm³/mol. The average Bonchev–Trinajstić information content (AvgIpc) is 3.04. The molecule has 2 aromatic heterocycles. The van der Waals surface area contributed by atoms with E-state index in [0.717, 1.165) is 9.84 Å². The molecule has 0 spiro atoms. The van der Waals surface area contributed by atoms with Gasteiger partial charge < -0.3 is 14.8 Å². The molecule has 0 unspecified atom stereocenters. The Balaban J connectivity index is 1.85. The van der Waals surface area contributed by atoms with Gasteiger partial charge in [-0.05, 0) is 19.1 Å². The minimum Gasteiger partial charge on any atom is -0.497 e. The highest BCUT2D eigenvalue weighted by Crippen LogP contribution is 2.29. The van der Waals surface area contributed by atoms with Crippen molar-refractivity contribution >= 4 is 27.9 Å². The van der Waals surface area contributed by atoms with Crippen molar-refractivity contribution in [3.63, 3.8) is 0 Å². The Bertz CT molecular complexity index is 806. The molecule has 3 aromatic rings. The van der Waals surface area contributed by atoms with Crippen LogP contribution in [0.4, 0.5) is 5.69 Å². The molecule has 2 heterocycles. The number of methoxy groups -OCH3 is 2. The first-order valence-corrected chi connectivity index (χ1v) is 7.41. The van der Waals surface area contributed by atoms with Gasteiger partial charge in [-0.1, -0.05) is 0 Å². The number of imidazole rings is 1. The quantitative estimate of drug-likeness (QED) is 0.803. The minimum atomic E-state index is -0.281. The highest BCUT2D eigenvalue weighted by atomic mass is 32.1. The zero-order valence-electron chi connectivity index (χ0n) is 12.4. The minimum absolute atomic E-state index is 0.281. The Morgan fingerprint density at radius 3 is 2.77 bits per heavy atom. The fraction of sp³-hybridized carbons (Fsp3) is 0.200. The third-order valence-corrected chi connectivity index (χ3v) is 4.07. The number of ether oxygens (including phenoxy) is 2. The number of aryl methyl sites for hydroxylation is 1. The first-order chi connectivity index (χ1) is 10.6. The average molecular weight is 317 g/mol. The van der Waals surface area contributed by atoms with Crippen LogP contribution in [0.3, 0.4) is 0 Å². The fourth-order valence-electron chi connectivity index (χ4n) is 2.11. The first-order valence-electron chi connectivity index (χ1n) is 6.59. The van der Waals surface area contributed by atoms with E-state index in [1.165, 1.54) is 11.3 Å². The van der Waals surface area contributed by atoms with Crippen LogP contribution < -0.4 is 14.8 Å². The number of nitrogens with zero attached hydrogens (tertiary/aromatic N) is 2. The molecule has 7 heteroatoms. The van der Waals surface area contributed by atoms with Crippen LogP contribution in [0.25, 0.3) is 4.96 Å². The Labute approximate surface area is 131 Å². The number of hydrogen-bond acceptors (Lipinski definition) is 5. The molecular weight excluding hydrogens is 302 g/mol. The van der Waals surface area contributed by atoms with Crippen LogP contribution in [0.1, 0.15) is 15.4 Å². The van der Waals surface area contributed by atoms with Gasteiger partial charge in [-0.3, -0.25) is 9.20 Å². The molecule has 0 atom stereocenters. The van der Waals surface area contributed by atoms with Gasteiger partial charge in [-0.15, -0.1) is 11.3 Å². The Morgan fingerprint density at radius 1 is 1.27 bits per heavy atom. The molecule has 6 nitrogen and oxygen atoms in total. The number of carbonyl (C=O) groups is 1. The van der Waals surface area contributed by atoms with Gasteiger partial charge in [0.25, 0.3) is 5.91 Å². The van der Waals surface area contributed by atoms with Gasteiger partial charge >= 0.3 is 0 Å². The second-order valence-corrected chi connectivity index (χ2v) is 5.89. The summed E-state index contributed by atoms with van der Waals surface area (Å²) in [7, 11) is 3.12. The van der Waals surface area contributed by atoms with Gasteiger partial charge in [0.2, 0.25) is 0 Å². The zero-order valence-corrected chi connectivity index (χ0v) is 13.2. The van der Waals surface area contributed by atoms with Crippen molar-refractivity contribution in [3.8, 4) is 11.5 Å². The summed E-state index contributed by atoms with van der Waals surface area (Å²) in [6.45, 7) is 2.00. The first kappa shape index (κ1) is 14.4. The molecule has 0 fully saturated rings. The third-order valence-electron chi connectivity index (χ3n) is 3.16. The third kappa shape index (κ3) is 2.62. The van der Waals surface area contributed by atoms with Crippen LogP contribution in [-0.4, -0.2) is 29.5 Å². The van der Waals surface area contributed by atoms with Gasteiger partial charge in [-0.2, -0.15) is 0 Å². The molecule has 0 saturated carbocycles. The molecule has 0 radical (unpaired) electrons. The topological polar surface area (TPSA) is 64.9 Å². The fourth-order valence-corrected chi connectivity index (χ4v) is 2.92. The standard InChI is InChI=1S/C15H15N3O3S/c1-9-7-18-8-12(17-15(18)22-9)14(19)16-11-5-4-10(20-2)6-13(11)21-3/h4-8H,1-3H3,(H,16,19). The highest BCUT2D eigenvalue weighted by molar-refractivity contribution is 7.17. The summed E-state index contributed by atoms with van der Waals surface area (Å²) in [5.41, 5.74) is 0.935. The van der Waals surface area contributed by atoms with Gasteiger partial charge in [-0.25, -0.2) is 4.98 Å². The van der Waals surface area contributed by atoms with E-state index in [2.05, 4.69) is 10.3 Å². The lowest BCUT2D eigenvalue weighted by atomic mass is 10.2. The number of rotatable bonds is 4. The number of anilines is 1. The van der Waals surface area contributed by atoms with Gasteiger partial charge in [0.05, 0.1) is 19.9 Å². The van der Waals surface area contributed by atoms with Crippen molar-refractivity contribution in [2.45, 2.75) is 6.92 Å². The van der Waals surface area contributed by atoms with E-state index in [1.54, 1.807) is 38.6 Å². The van der Waals surface area contributed by atoms with Crippen LogP contribution in [-0.2, 0) is 0 Å². The zero-order chi connectivity index (χ0) is 15.7. The van der Waals surface area contributed by atoms with Crippen LogP contribution in [0.2, 0.25) is 0 Å². The number of hydrogen-bond donors (Lipinski definition) is 1. The van der Waals surface area contributed by atoms with Gasteiger partial charge in [0.1, 0.15) is 17.2 Å². The second kappa shape index (κ2) is 5.69. The maximum atomic E-state index is 12.3.